The van der Waals surface area contributed by atoms with E-state index in [4.69, 9.17) is 9.47 Å². The Labute approximate surface area is 204 Å². The lowest BCUT2D eigenvalue weighted by molar-refractivity contribution is -0.121. The van der Waals surface area contributed by atoms with Gasteiger partial charge in [-0.2, -0.15) is 5.10 Å². The lowest BCUT2D eigenvalue weighted by Gasteiger charge is -2.13. The Balaban J connectivity index is 1.39. The van der Waals surface area contributed by atoms with Crippen LogP contribution in [-0.4, -0.2) is 39.8 Å². The zero-order valence-corrected chi connectivity index (χ0v) is 20.3. The Kier molecular flexibility index (Phi) is 7.50. The number of fused-ring (bicyclic) bond motifs is 1. The van der Waals surface area contributed by atoms with Crippen molar-refractivity contribution in [2.45, 2.75) is 33.7 Å². The zero-order valence-electron chi connectivity index (χ0n) is 20.3. The average molecular weight is 475 g/mol. The maximum absolute atomic E-state index is 12.9. The highest BCUT2D eigenvalue weighted by atomic mass is 16.5. The van der Waals surface area contributed by atoms with Gasteiger partial charge in [0, 0.05) is 24.5 Å². The number of hydrogen-bond acceptors (Lipinski definition) is 5. The Bertz CT molecular complexity index is 1370. The lowest BCUT2D eigenvalue weighted by atomic mass is 10.1. The molecule has 8 nitrogen and oxygen atoms in total. The van der Waals surface area contributed by atoms with Crippen LogP contribution >= 0.6 is 0 Å². The van der Waals surface area contributed by atoms with Gasteiger partial charge in [-0.15, -0.1) is 0 Å². The van der Waals surface area contributed by atoms with E-state index in [1.807, 2.05) is 63.2 Å². The lowest BCUT2D eigenvalue weighted by Crippen LogP contribution is -2.33. The molecule has 0 spiro atoms. The predicted molar refractivity (Wildman–Crippen MR) is 135 cm³/mol. The van der Waals surface area contributed by atoms with Gasteiger partial charge in [0.05, 0.1) is 18.9 Å². The van der Waals surface area contributed by atoms with Crippen molar-refractivity contribution in [1.82, 2.24) is 19.5 Å². The van der Waals surface area contributed by atoms with Gasteiger partial charge in [-0.1, -0.05) is 35.9 Å². The van der Waals surface area contributed by atoms with Crippen molar-refractivity contribution in [3.8, 4) is 22.8 Å². The molecule has 0 saturated heterocycles. The van der Waals surface area contributed by atoms with Crippen molar-refractivity contribution in [2.75, 3.05) is 19.8 Å². The third-order valence-electron chi connectivity index (χ3n) is 5.61. The summed E-state index contributed by atoms with van der Waals surface area (Å²) in [5.74, 6) is 1.18. The van der Waals surface area contributed by atoms with Crippen molar-refractivity contribution in [1.29, 1.82) is 0 Å². The first-order valence-corrected chi connectivity index (χ1v) is 11.8. The van der Waals surface area contributed by atoms with Crippen molar-refractivity contribution >= 4 is 11.4 Å². The molecule has 4 rings (SSSR count). The molecule has 0 aliphatic rings. The van der Waals surface area contributed by atoms with E-state index in [0.717, 1.165) is 16.7 Å². The molecule has 2 heterocycles. The zero-order chi connectivity index (χ0) is 24.8. The fourth-order valence-corrected chi connectivity index (χ4v) is 3.82. The van der Waals surface area contributed by atoms with Gasteiger partial charge < -0.3 is 19.4 Å². The molecular weight excluding hydrogens is 444 g/mol. The van der Waals surface area contributed by atoms with E-state index < -0.39 is 0 Å². The van der Waals surface area contributed by atoms with Crippen LogP contribution in [0, 0.1) is 6.92 Å². The second-order valence-corrected chi connectivity index (χ2v) is 8.20. The summed E-state index contributed by atoms with van der Waals surface area (Å²) in [4.78, 5) is 25.5. The maximum Gasteiger partial charge on any atom is 0.277 e. The molecule has 0 atom stereocenters. The van der Waals surface area contributed by atoms with Crippen LogP contribution < -0.4 is 20.3 Å². The van der Waals surface area contributed by atoms with Gasteiger partial charge >= 0.3 is 0 Å². The van der Waals surface area contributed by atoms with Crippen LogP contribution in [0.4, 0.5) is 0 Å². The van der Waals surface area contributed by atoms with Crippen LogP contribution in [0.1, 0.15) is 25.0 Å². The number of nitrogens with one attached hydrogen (secondary N) is 1. The number of carbonyl (C=O) groups is 1. The maximum atomic E-state index is 12.9. The topological polar surface area (TPSA) is 86.9 Å². The summed E-state index contributed by atoms with van der Waals surface area (Å²) < 4.78 is 14.2. The SMILES string of the molecule is CCOc1ccc(CCNC(=O)Cn2ccn3nc(-c4ccc(C)cc4)cc3c2=O)cc1OCC. The molecule has 0 bridgehead atoms. The monoisotopic (exact) mass is 474 g/mol. The molecule has 0 aliphatic carbocycles. The van der Waals surface area contributed by atoms with E-state index in [1.165, 1.54) is 4.57 Å². The number of aryl methyl sites for hydroxylation is 1. The molecule has 1 amide bonds. The van der Waals surface area contributed by atoms with Crippen LogP contribution in [0.2, 0.25) is 0 Å². The molecule has 1 N–H and O–H groups in total. The van der Waals surface area contributed by atoms with E-state index in [1.54, 1.807) is 23.0 Å². The predicted octanol–water partition coefficient (Wildman–Crippen LogP) is 3.63. The largest absolute Gasteiger partial charge is 0.490 e. The summed E-state index contributed by atoms with van der Waals surface area (Å²) in [5, 5.41) is 7.39. The minimum Gasteiger partial charge on any atom is -0.490 e. The Morgan fingerprint density at radius 2 is 1.71 bits per heavy atom. The van der Waals surface area contributed by atoms with Crippen LogP contribution in [-0.2, 0) is 17.8 Å². The van der Waals surface area contributed by atoms with E-state index in [0.29, 0.717) is 48.9 Å². The first kappa shape index (κ1) is 24.1. The number of rotatable bonds is 10. The Morgan fingerprint density at radius 3 is 2.46 bits per heavy atom. The van der Waals surface area contributed by atoms with Gasteiger partial charge in [0.1, 0.15) is 12.1 Å². The Morgan fingerprint density at radius 1 is 0.971 bits per heavy atom. The number of ether oxygens (including phenoxy) is 2. The second kappa shape index (κ2) is 10.9. The van der Waals surface area contributed by atoms with Crippen molar-refractivity contribution in [3.63, 3.8) is 0 Å². The summed E-state index contributed by atoms with van der Waals surface area (Å²) in [6.07, 6.45) is 3.91. The van der Waals surface area contributed by atoms with E-state index in [9.17, 15) is 9.59 Å². The van der Waals surface area contributed by atoms with Crippen LogP contribution in [0.3, 0.4) is 0 Å². The molecular formula is C27H30N4O4. The fraction of sp³-hybridized carbons (Fsp3) is 0.296. The standard InChI is InChI=1S/C27H30N4O4/c1-4-34-24-11-8-20(16-25(24)35-5-2)12-13-28-26(32)18-30-14-15-31-23(27(30)33)17-22(29-31)21-9-6-19(3)7-10-21/h6-11,14-17H,4-5,12-13,18H2,1-3H3,(H,28,32). The van der Waals surface area contributed by atoms with E-state index in [2.05, 4.69) is 10.4 Å². The first-order chi connectivity index (χ1) is 17.0. The third-order valence-corrected chi connectivity index (χ3v) is 5.61. The smallest absolute Gasteiger partial charge is 0.277 e. The minimum absolute atomic E-state index is 0.0617. The summed E-state index contributed by atoms with van der Waals surface area (Å²) in [7, 11) is 0. The number of hydrogen-bond donors (Lipinski definition) is 1. The van der Waals surface area contributed by atoms with Crippen molar-refractivity contribution in [3.05, 3.63) is 82.4 Å². The molecule has 0 fully saturated rings. The van der Waals surface area contributed by atoms with E-state index in [-0.39, 0.29) is 18.0 Å². The summed E-state index contributed by atoms with van der Waals surface area (Å²) in [6.45, 7) is 7.37. The van der Waals surface area contributed by atoms with Gasteiger partial charge in [-0.05, 0) is 51.0 Å². The molecule has 0 radical (unpaired) electrons. The highest BCUT2D eigenvalue weighted by Gasteiger charge is 2.12. The second-order valence-electron chi connectivity index (χ2n) is 8.20. The average Bonchev–Trinajstić information content (AvgIpc) is 3.28. The van der Waals surface area contributed by atoms with Crippen molar-refractivity contribution < 1.29 is 14.3 Å². The van der Waals surface area contributed by atoms with Gasteiger partial charge in [0.15, 0.2) is 11.5 Å². The highest BCUT2D eigenvalue weighted by molar-refractivity contribution is 5.76. The molecule has 0 saturated carbocycles. The van der Waals surface area contributed by atoms with Crippen molar-refractivity contribution in [2.24, 2.45) is 0 Å². The Hall–Kier alpha value is -4.07. The number of nitrogens with zero attached hydrogens (tertiary/aromatic N) is 3. The van der Waals surface area contributed by atoms with Gasteiger partial charge in [-0.25, -0.2) is 4.52 Å². The molecule has 4 aromatic rings. The molecule has 2 aromatic carbocycles. The fourth-order valence-electron chi connectivity index (χ4n) is 3.82. The number of amides is 1. The quantitative estimate of drug-likeness (QED) is 0.379. The highest BCUT2D eigenvalue weighted by Crippen LogP contribution is 2.28. The summed E-state index contributed by atoms with van der Waals surface area (Å²) >= 11 is 0. The molecule has 0 aliphatic heterocycles. The molecule has 35 heavy (non-hydrogen) atoms. The normalized spacial score (nSPS) is 10.9. The summed E-state index contributed by atoms with van der Waals surface area (Å²) in [6, 6.07) is 15.5. The van der Waals surface area contributed by atoms with Crippen LogP contribution in [0.5, 0.6) is 11.5 Å². The minimum atomic E-state index is -0.263. The number of aromatic nitrogens is 3. The van der Waals surface area contributed by atoms with Crippen LogP contribution in [0.15, 0.2) is 65.7 Å². The number of benzene rings is 2. The van der Waals surface area contributed by atoms with E-state index >= 15 is 0 Å². The van der Waals surface area contributed by atoms with Gasteiger partial charge in [-0.3, -0.25) is 9.59 Å². The number of carbonyl (C=O) groups excluding carboxylic acids is 1. The molecule has 182 valence electrons. The molecule has 0 unspecified atom stereocenters. The third kappa shape index (κ3) is 5.71. The molecule has 2 aromatic heterocycles. The van der Waals surface area contributed by atoms with Gasteiger partial charge in [0.25, 0.3) is 5.56 Å². The summed E-state index contributed by atoms with van der Waals surface area (Å²) in [5.41, 5.74) is 3.99. The van der Waals surface area contributed by atoms with Crippen LogP contribution in [0.25, 0.3) is 16.8 Å². The first-order valence-electron chi connectivity index (χ1n) is 11.8. The molecule has 8 heteroatoms. The van der Waals surface area contributed by atoms with Gasteiger partial charge in [0.2, 0.25) is 5.91 Å².